The van der Waals surface area contributed by atoms with Crippen molar-refractivity contribution in [2.24, 2.45) is 10.3 Å². The van der Waals surface area contributed by atoms with Crippen LogP contribution in [0.3, 0.4) is 0 Å². The average molecular weight is 176 g/mol. The maximum atomic E-state index is 8.68. The van der Waals surface area contributed by atoms with Crippen LogP contribution in [-0.4, -0.2) is 21.8 Å². The molecule has 2 rings (SSSR count). The molecule has 0 aliphatic heterocycles. The van der Waals surface area contributed by atoms with Crippen LogP contribution in [0.5, 0.6) is 0 Å². The molecule has 66 valence electrons. The summed E-state index contributed by atoms with van der Waals surface area (Å²) in [6.45, 7) is 0. The van der Waals surface area contributed by atoms with E-state index in [1.807, 2.05) is 24.3 Å². The highest BCUT2D eigenvalue weighted by atomic mass is 16.4. The molecule has 1 aliphatic carbocycles. The van der Waals surface area contributed by atoms with Crippen LogP contribution >= 0.6 is 0 Å². The summed E-state index contributed by atoms with van der Waals surface area (Å²) >= 11 is 0. The van der Waals surface area contributed by atoms with Gasteiger partial charge in [0.15, 0.2) is 0 Å². The molecular weight excluding hydrogens is 168 g/mol. The molecule has 0 heterocycles. The van der Waals surface area contributed by atoms with Gasteiger partial charge in [0.25, 0.3) is 0 Å². The molecule has 13 heavy (non-hydrogen) atoms. The third-order valence-electron chi connectivity index (χ3n) is 2.13. The van der Waals surface area contributed by atoms with E-state index in [1.54, 1.807) is 0 Å². The lowest BCUT2D eigenvalue weighted by molar-refractivity contribution is 0.316. The monoisotopic (exact) mass is 176 g/mol. The van der Waals surface area contributed by atoms with Crippen LogP contribution < -0.4 is 0 Å². The summed E-state index contributed by atoms with van der Waals surface area (Å²) in [7, 11) is 0. The molecule has 1 aliphatic rings. The highest BCUT2D eigenvalue weighted by molar-refractivity contribution is 6.27. The van der Waals surface area contributed by atoms with Gasteiger partial charge in [-0.2, -0.15) is 0 Å². The van der Waals surface area contributed by atoms with Crippen LogP contribution in [0.25, 0.3) is 0 Å². The second-order valence-corrected chi connectivity index (χ2v) is 2.82. The Labute approximate surface area is 74.8 Å². The summed E-state index contributed by atoms with van der Waals surface area (Å²) in [6.07, 6.45) is 0.381. The summed E-state index contributed by atoms with van der Waals surface area (Å²) in [4.78, 5) is 0. The smallest absolute Gasteiger partial charge is 0.0935 e. The molecule has 0 saturated carbocycles. The van der Waals surface area contributed by atoms with Gasteiger partial charge in [-0.05, 0) is 0 Å². The molecule has 4 heteroatoms. The summed E-state index contributed by atoms with van der Waals surface area (Å²) in [6, 6.07) is 7.37. The fourth-order valence-electron chi connectivity index (χ4n) is 1.51. The molecule has 0 bridgehead atoms. The van der Waals surface area contributed by atoms with Gasteiger partial charge in [0.05, 0.1) is 11.4 Å². The van der Waals surface area contributed by atoms with E-state index in [1.165, 1.54) is 0 Å². The molecule has 4 nitrogen and oxygen atoms in total. The van der Waals surface area contributed by atoms with E-state index in [0.29, 0.717) is 17.8 Å². The molecule has 0 aromatic heterocycles. The van der Waals surface area contributed by atoms with Gasteiger partial charge in [0, 0.05) is 17.5 Å². The molecule has 0 fully saturated rings. The Morgan fingerprint density at radius 2 is 1.38 bits per heavy atom. The Morgan fingerprint density at radius 3 is 1.77 bits per heavy atom. The van der Waals surface area contributed by atoms with Crippen molar-refractivity contribution in [3.63, 3.8) is 0 Å². The molecule has 0 unspecified atom stereocenters. The summed E-state index contributed by atoms with van der Waals surface area (Å²) in [5.41, 5.74) is 2.75. The Bertz CT molecular complexity index is 359. The average Bonchev–Trinajstić information content (AvgIpc) is 2.56. The number of hydrogen-bond donors (Lipinski definition) is 2. The number of fused-ring (bicyclic) bond motifs is 1. The Balaban J connectivity index is 2.63. The predicted molar refractivity (Wildman–Crippen MR) is 47.7 cm³/mol. The van der Waals surface area contributed by atoms with Crippen molar-refractivity contribution in [1.29, 1.82) is 0 Å². The standard InChI is InChI=1S/C9H8N2O2/c12-10-8-5-9(11-13)7-4-2-1-3-6(7)8/h1-4,12-13H,5H2/b10-8+,11-9+. The van der Waals surface area contributed by atoms with Gasteiger partial charge in [-0.15, -0.1) is 0 Å². The lowest BCUT2D eigenvalue weighted by Gasteiger charge is -1.95. The van der Waals surface area contributed by atoms with Gasteiger partial charge >= 0.3 is 0 Å². The summed E-state index contributed by atoms with van der Waals surface area (Å²) in [5.74, 6) is 0. The third-order valence-corrected chi connectivity index (χ3v) is 2.13. The minimum atomic E-state index is 0.381. The van der Waals surface area contributed by atoms with E-state index < -0.39 is 0 Å². The molecular formula is C9H8N2O2. The van der Waals surface area contributed by atoms with E-state index in [-0.39, 0.29) is 0 Å². The molecule has 2 N–H and O–H groups in total. The van der Waals surface area contributed by atoms with Gasteiger partial charge in [-0.3, -0.25) is 0 Å². The Kier molecular flexibility index (Phi) is 1.73. The van der Waals surface area contributed by atoms with Crippen LogP contribution in [0.1, 0.15) is 17.5 Å². The summed E-state index contributed by atoms with van der Waals surface area (Å²) in [5, 5.41) is 23.7. The first-order chi connectivity index (χ1) is 6.36. The quantitative estimate of drug-likeness (QED) is 0.464. The maximum absolute atomic E-state index is 8.68. The zero-order valence-corrected chi connectivity index (χ0v) is 6.81. The number of oxime groups is 2. The first-order valence-corrected chi connectivity index (χ1v) is 3.88. The number of rotatable bonds is 0. The predicted octanol–water partition coefficient (Wildman–Crippen LogP) is 1.45. The van der Waals surface area contributed by atoms with Gasteiger partial charge in [-0.1, -0.05) is 34.6 Å². The van der Waals surface area contributed by atoms with E-state index >= 15 is 0 Å². The van der Waals surface area contributed by atoms with E-state index in [4.69, 9.17) is 10.4 Å². The number of nitrogens with zero attached hydrogens (tertiary/aromatic N) is 2. The number of benzene rings is 1. The largest absolute Gasteiger partial charge is 0.411 e. The topological polar surface area (TPSA) is 65.2 Å². The Morgan fingerprint density at radius 1 is 0.923 bits per heavy atom. The van der Waals surface area contributed by atoms with Crippen molar-refractivity contribution in [1.82, 2.24) is 0 Å². The van der Waals surface area contributed by atoms with Crippen molar-refractivity contribution in [3.05, 3.63) is 35.4 Å². The maximum Gasteiger partial charge on any atom is 0.0935 e. The van der Waals surface area contributed by atoms with Crippen molar-refractivity contribution in [3.8, 4) is 0 Å². The molecule has 0 saturated heterocycles. The lowest BCUT2D eigenvalue weighted by Crippen LogP contribution is -1.95. The van der Waals surface area contributed by atoms with Crippen LogP contribution in [0.2, 0.25) is 0 Å². The van der Waals surface area contributed by atoms with Crippen molar-refractivity contribution in [2.75, 3.05) is 0 Å². The van der Waals surface area contributed by atoms with Crippen molar-refractivity contribution >= 4 is 11.4 Å². The third kappa shape index (κ3) is 1.07. The molecule has 0 spiro atoms. The van der Waals surface area contributed by atoms with Crippen LogP contribution in [0, 0.1) is 0 Å². The van der Waals surface area contributed by atoms with E-state index in [9.17, 15) is 0 Å². The van der Waals surface area contributed by atoms with Crippen molar-refractivity contribution in [2.45, 2.75) is 6.42 Å². The second kappa shape index (κ2) is 2.90. The minimum Gasteiger partial charge on any atom is -0.411 e. The lowest BCUT2D eigenvalue weighted by atomic mass is 10.1. The van der Waals surface area contributed by atoms with E-state index in [0.717, 1.165) is 11.1 Å². The molecule has 1 aromatic carbocycles. The van der Waals surface area contributed by atoms with Crippen LogP contribution in [-0.2, 0) is 0 Å². The number of hydrogen-bond acceptors (Lipinski definition) is 4. The first-order valence-electron chi connectivity index (χ1n) is 3.88. The SMILES string of the molecule is O/N=C1\C/C(=N\O)c2ccccc21. The zero-order valence-electron chi connectivity index (χ0n) is 6.81. The molecule has 0 amide bonds. The highest BCUT2D eigenvalue weighted by Gasteiger charge is 2.23. The van der Waals surface area contributed by atoms with Crippen LogP contribution in [0.4, 0.5) is 0 Å². The van der Waals surface area contributed by atoms with E-state index in [2.05, 4.69) is 10.3 Å². The van der Waals surface area contributed by atoms with Crippen molar-refractivity contribution < 1.29 is 10.4 Å². The molecule has 0 atom stereocenters. The fraction of sp³-hybridized carbons (Fsp3) is 0.111. The zero-order chi connectivity index (χ0) is 9.26. The normalized spacial score (nSPS) is 20.9. The van der Waals surface area contributed by atoms with Gasteiger partial charge in [0.1, 0.15) is 0 Å². The molecule has 0 radical (unpaired) electrons. The fourth-order valence-corrected chi connectivity index (χ4v) is 1.51. The highest BCUT2D eigenvalue weighted by Crippen LogP contribution is 2.22. The second-order valence-electron chi connectivity index (χ2n) is 2.82. The molecule has 1 aromatic rings. The van der Waals surface area contributed by atoms with Gasteiger partial charge in [0.2, 0.25) is 0 Å². The Hall–Kier alpha value is -1.84. The van der Waals surface area contributed by atoms with Gasteiger partial charge < -0.3 is 10.4 Å². The minimum absolute atomic E-state index is 0.381. The first kappa shape index (κ1) is 7.79. The van der Waals surface area contributed by atoms with Crippen LogP contribution in [0.15, 0.2) is 34.6 Å². The van der Waals surface area contributed by atoms with Gasteiger partial charge in [-0.25, -0.2) is 0 Å². The summed E-state index contributed by atoms with van der Waals surface area (Å²) < 4.78 is 0.